The molecule has 1 radical (unpaired) electrons. The van der Waals surface area contributed by atoms with Crippen LogP contribution in [0.1, 0.15) is 75.2 Å². The van der Waals surface area contributed by atoms with Gasteiger partial charge >= 0.3 is 5.97 Å². The van der Waals surface area contributed by atoms with E-state index in [1.165, 1.54) is 6.92 Å². The first-order valence-electron chi connectivity index (χ1n) is 11.4. The molecule has 0 aromatic rings. The number of carbonyl (C=O) groups is 2. The first-order chi connectivity index (χ1) is 13.7. The average molecular weight is 421 g/mol. The minimum absolute atomic E-state index is 0.0400. The second-order valence-corrected chi connectivity index (χ2v) is 10.9. The van der Waals surface area contributed by atoms with Crippen LogP contribution in [0.25, 0.3) is 0 Å². The van der Waals surface area contributed by atoms with Crippen molar-refractivity contribution in [2.75, 3.05) is 6.54 Å². The van der Waals surface area contributed by atoms with Gasteiger partial charge in [0.05, 0.1) is 5.60 Å². The van der Waals surface area contributed by atoms with E-state index < -0.39 is 17.1 Å². The molecule has 2 aliphatic carbocycles. The van der Waals surface area contributed by atoms with Crippen molar-refractivity contribution in [1.29, 1.82) is 0 Å². The first kappa shape index (κ1) is 24.9. The number of fused-ring (bicyclic) bond motifs is 1. The monoisotopic (exact) mass is 420 g/mol. The van der Waals surface area contributed by atoms with Crippen LogP contribution in [0, 0.1) is 35.5 Å². The third-order valence-corrected chi connectivity index (χ3v) is 7.06. The summed E-state index contributed by atoms with van der Waals surface area (Å²) in [7, 11) is 0. The Labute approximate surface area is 183 Å². The Morgan fingerprint density at radius 1 is 1.27 bits per heavy atom. The fourth-order valence-corrected chi connectivity index (χ4v) is 5.16. The molecular formula is C25H42NO4. The van der Waals surface area contributed by atoms with E-state index in [1.807, 2.05) is 39.0 Å². The molecular weight excluding hydrogens is 378 g/mol. The van der Waals surface area contributed by atoms with Crippen LogP contribution in [0.2, 0.25) is 0 Å². The van der Waals surface area contributed by atoms with E-state index >= 15 is 0 Å². The maximum Gasteiger partial charge on any atom is 0.303 e. The van der Waals surface area contributed by atoms with Crippen LogP contribution in [0.4, 0.5) is 0 Å². The largest absolute Gasteiger partial charge is 0.458 e. The second-order valence-electron chi connectivity index (χ2n) is 10.9. The van der Waals surface area contributed by atoms with Crippen LogP contribution in [0.15, 0.2) is 11.6 Å². The van der Waals surface area contributed by atoms with Gasteiger partial charge < -0.3 is 14.7 Å². The third kappa shape index (κ3) is 5.09. The molecule has 1 unspecified atom stereocenters. The number of nitrogens with zero attached hydrogens (tertiary/aromatic N) is 1. The zero-order valence-corrected chi connectivity index (χ0v) is 20.4. The number of hydrogen-bond acceptors (Lipinski definition) is 4. The molecule has 1 N–H and O–H groups in total. The predicted octanol–water partition coefficient (Wildman–Crippen LogP) is 4.39. The minimum atomic E-state index is -1.01. The van der Waals surface area contributed by atoms with Crippen LogP contribution in [-0.2, 0) is 14.3 Å². The number of amides is 1. The number of aliphatic hydroxyl groups is 1. The van der Waals surface area contributed by atoms with Gasteiger partial charge in [0.1, 0.15) is 6.10 Å². The molecule has 0 spiro atoms. The van der Waals surface area contributed by atoms with Gasteiger partial charge in [0.2, 0.25) is 5.91 Å². The van der Waals surface area contributed by atoms with Crippen molar-refractivity contribution >= 4 is 11.9 Å². The van der Waals surface area contributed by atoms with Crippen LogP contribution in [-0.4, -0.2) is 46.2 Å². The van der Waals surface area contributed by atoms with E-state index in [-0.39, 0.29) is 41.6 Å². The molecule has 171 valence electrons. The molecule has 0 bridgehead atoms. The van der Waals surface area contributed by atoms with Crippen molar-refractivity contribution in [3.8, 4) is 0 Å². The van der Waals surface area contributed by atoms with Gasteiger partial charge in [0, 0.05) is 37.3 Å². The average Bonchev–Trinajstić information content (AvgIpc) is 2.60. The first-order valence-corrected chi connectivity index (χ1v) is 11.4. The summed E-state index contributed by atoms with van der Waals surface area (Å²) in [6, 6.07) is 0.129. The Balaban J connectivity index is 2.30. The van der Waals surface area contributed by atoms with Crippen molar-refractivity contribution in [1.82, 2.24) is 4.90 Å². The molecule has 0 aromatic heterocycles. The highest BCUT2D eigenvalue weighted by molar-refractivity contribution is 5.81. The lowest BCUT2D eigenvalue weighted by atomic mass is 9.57. The summed E-state index contributed by atoms with van der Waals surface area (Å²) >= 11 is 0. The zero-order valence-electron chi connectivity index (χ0n) is 20.4. The number of carbonyl (C=O) groups excluding carboxylic acids is 2. The van der Waals surface area contributed by atoms with E-state index in [2.05, 4.69) is 33.8 Å². The third-order valence-electron chi connectivity index (χ3n) is 7.06. The Hall–Kier alpha value is -1.36. The Morgan fingerprint density at radius 2 is 1.87 bits per heavy atom. The van der Waals surface area contributed by atoms with Gasteiger partial charge in [0.25, 0.3) is 0 Å². The Kier molecular flexibility index (Phi) is 7.49. The summed E-state index contributed by atoms with van der Waals surface area (Å²) in [6.07, 6.45) is 5.41. The minimum Gasteiger partial charge on any atom is -0.458 e. The topological polar surface area (TPSA) is 66.8 Å². The molecule has 2 rings (SSSR count). The van der Waals surface area contributed by atoms with Gasteiger partial charge in [-0.05, 0) is 56.9 Å². The summed E-state index contributed by atoms with van der Waals surface area (Å²) in [5.74, 6) is 0.371. The predicted molar refractivity (Wildman–Crippen MR) is 119 cm³/mol. The van der Waals surface area contributed by atoms with Gasteiger partial charge in [-0.3, -0.25) is 9.59 Å². The maximum absolute atomic E-state index is 13.0. The highest BCUT2D eigenvalue weighted by atomic mass is 16.5. The number of ether oxygens (including phenoxy) is 1. The Morgan fingerprint density at radius 3 is 2.37 bits per heavy atom. The van der Waals surface area contributed by atoms with E-state index in [4.69, 9.17) is 4.74 Å². The highest BCUT2D eigenvalue weighted by Gasteiger charge is 2.53. The molecule has 1 saturated carbocycles. The van der Waals surface area contributed by atoms with E-state index in [0.29, 0.717) is 6.54 Å². The van der Waals surface area contributed by atoms with Gasteiger partial charge in [0.15, 0.2) is 0 Å². The molecule has 2 aliphatic rings. The summed E-state index contributed by atoms with van der Waals surface area (Å²) < 4.78 is 5.45. The molecule has 1 fully saturated rings. The molecule has 30 heavy (non-hydrogen) atoms. The van der Waals surface area contributed by atoms with Crippen molar-refractivity contribution in [3.05, 3.63) is 18.1 Å². The molecule has 5 nitrogen and oxygen atoms in total. The molecule has 6 atom stereocenters. The SMILES string of the molecule is CC(=O)O[C@@H]1[CH][C@@]2(O)[C@H](C)CC[C@@H](C(C)CN(C(=O)C(C)(C)C)C(C)C)[C@H]2C=C1C. The van der Waals surface area contributed by atoms with Gasteiger partial charge in [-0.25, -0.2) is 0 Å². The lowest BCUT2D eigenvalue weighted by Gasteiger charge is -2.53. The van der Waals surface area contributed by atoms with Crippen LogP contribution < -0.4 is 0 Å². The van der Waals surface area contributed by atoms with Crippen molar-refractivity contribution in [3.63, 3.8) is 0 Å². The van der Waals surface area contributed by atoms with Crippen LogP contribution >= 0.6 is 0 Å². The molecule has 0 saturated heterocycles. The quantitative estimate of drug-likeness (QED) is 0.529. The molecule has 0 aliphatic heterocycles. The van der Waals surface area contributed by atoms with Crippen LogP contribution in [0.3, 0.4) is 0 Å². The Bertz CT molecular complexity index is 677. The van der Waals surface area contributed by atoms with E-state index in [1.54, 1.807) is 0 Å². The second kappa shape index (κ2) is 9.02. The fourth-order valence-electron chi connectivity index (χ4n) is 5.16. The lowest BCUT2D eigenvalue weighted by Crippen LogP contribution is -2.57. The summed E-state index contributed by atoms with van der Waals surface area (Å²) in [5.41, 5.74) is -0.455. The van der Waals surface area contributed by atoms with E-state index in [9.17, 15) is 14.7 Å². The maximum atomic E-state index is 13.0. The number of hydrogen-bond donors (Lipinski definition) is 1. The molecule has 1 amide bonds. The molecule has 5 heteroatoms. The summed E-state index contributed by atoms with van der Waals surface area (Å²) in [6.45, 7) is 18.4. The molecule has 0 aromatic carbocycles. The molecule has 0 heterocycles. The number of rotatable bonds is 5. The van der Waals surface area contributed by atoms with Crippen LogP contribution in [0.5, 0.6) is 0 Å². The van der Waals surface area contributed by atoms with Crippen molar-refractivity contribution < 1.29 is 19.4 Å². The normalized spacial score (nSPS) is 32.8. The van der Waals surface area contributed by atoms with Crippen molar-refractivity contribution in [2.45, 2.75) is 92.9 Å². The summed E-state index contributed by atoms with van der Waals surface area (Å²) in [4.78, 5) is 26.5. The lowest BCUT2D eigenvalue weighted by molar-refractivity contribution is -0.148. The summed E-state index contributed by atoms with van der Waals surface area (Å²) in [5, 5.41) is 11.7. The fraction of sp³-hybridized carbons (Fsp3) is 0.800. The van der Waals surface area contributed by atoms with Gasteiger partial charge in [-0.2, -0.15) is 0 Å². The van der Waals surface area contributed by atoms with Gasteiger partial charge in [-0.1, -0.05) is 40.7 Å². The van der Waals surface area contributed by atoms with Crippen molar-refractivity contribution in [2.24, 2.45) is 29.1 Å². The van der Waals surface area contributed by atoms with E-state index in [0.717, 1.165) is 18.4 Å². The standard InChI is InChI=1S/C25H42NO4/c1-15(2)26(23(28)24(7,8)9)14-17(4)20-11-10-18(5)25(29)13-22(30-19(6)27)16(3)12-21(20)25/h12-13,15,17-18,20-22,29H,10-11,14H2,1-9H3/t17?,18-,20+,21-,22-,25-/m1/s1. The number of esters is 1. The van der Waals surface area contributed by atoms with Gasteiger partial charge in [-0.15, -0.1) is 0 Å². The smallest absolute Gasteiger partial charge is 0.303 e. The highest BCUT2D eigenvalue weighted by Crippen LogP contribution is 2.51. The zero-order chi connectivity index (χ0) is 23.0.